The Labute approximate surface area is 126 Å². The summed E-state index contributed by atoms with van der Waals surface area (Å²) in [5.74, 6) is 0.113. The highest BCUT2D eigenvalue weighted by atomic mass is 79.9. The highest BCUT2D eigenvalue weighted by Crippen LogP contribution is 2.43. The van der Waals surface area contributed by atoms with E-state index in [9.17, 15) is 9.59 Å². The normalized spacial score (nSPS) is 21.5. The first-order valence-electron chi connectivity index (χ1n) is 6.86. The van der Waals surface area contributed by atoms with Crippen LogP contribution in [-0.4, -0.2) is 27.3 Å². The number of carbonyl (C=O) groups excluding carboxylic acids is 2. The predicted molar refractivity (Wildman–Crippen MR) is 77.8 cm³/mol. The lowest BCUT2D eigenvalue weighted by atomic mass is 10.0. The van der Waals surface area contributed by atoms with Crippen molar-refractivity contribution in [2.24, 2.45) is 0 Å². The summed E-state index contributed by atoms with van der Waals surface area (Å²) in [5.41, 5.74) is -0.323. The minimum Gasteiger partial charge on any atom is -0.467 e. The highest BCUT2D eigenvalue weighted by Gasteiger charge is 2.52. The Morgan fingerprint density at radius 2 is 2.00 bits per heavy atom. The van der Waals surface area contributed by atoms with Crippen molar-refractivity contribution in [3.63, 3.8) is 0 Å². The van der Waals surface area contributed by atoms with Crippen LogP contribution in [0, 0.1) is 0 Å². The van der Waals surface area contributed by atoms with Gasteiger partial charge in [-0.2, -0.15) is 0 Å². The van der Waals surface area contributed by atoms with Gasteiger partial charge in [0.05, 0.1) is 10.4 Å². The van der Waals surface area contributed by atoms with Gasteiger partial charge in [-0.3, -0.25) is 9.59 Å². The Hall–Kier alpha value is -1.36. The number of carbonyl (C=O) groups is 2. The second-order valence-electron chi connectivity index (χ2n) is 5.35. The molecule has 5 heteroatoms. The number of amides is 2. The van der Waals surface area contributed by atoms with E-state index < -0.39 is 10.6 Å². The summed E-state index contributed by atoms with van der Waals surface area (Å²) in [5, 5.41) is 0. The average molecular weight is 338 g/mol. The summed E-state index contributed by atoms with van der Waals surface area (Å²) in [4.78, 5) is 26.1. The molecule has 1 aromatic carbocycles. The van der Waals surface area contributed by atoms with E-state index in [1.807, 2.05) is 6.07 Å². The third-order valence-electron chi connectivity index (χ3n) is 3.97. The van der Waals surface area contributed by atoms with Crippen molar-refractivity contribution in [1.29, 1.82) is 0 Å². The van der Waals surface area contributed by atoms with E-state index in [1.165, 1.54) is 4.90 Å². The molecule has 0 N–H and O–H groups in total. The molecule has 1 aliphatic carbocycles. The number of alkyl halides is 1. The zero-order valence-corrected chi connectivity index (χ0v) is 12.9. The van der Waals surface area contributed by atoms with Crippen LogP contribution in [0.5, 0.6) is 5.75 Å². The molecular weight excluding hydrogens is 322 g/mol. The maximum atomic E-state index is 12.7. The molecule has 3 rings (SSSR count). The highest BCUT2D eigenvalue weighted by molar-refractivity contribution is 9.10. The molecule has 0 aromatic heterocycles. The van der Waals surface area contributed by atoms with E-state index in [2.05, 4.69) is 15.9 Å². The largest absolute Gasteiger partial charge is 0.467 e. The van der Waals surface area contributed by atoms with Crippen LogP contribution in [0.25, 0.3) is 0 Å². The van der Waals surface area contributed by atoms with Gasteiger partial charge in [0.25, 0.3) is 5.91 Å². The van der Waals surface area contributed by atoms with Crippen LogP contribution in [0.15, 0.2) is 24.3 Å². The zero-order valence-electron chi connectivity index (χ0n) is 11.3. The second kappa shape index (κ2) is 4.88. The predicted octanol–water partition coefficient (Wildman–Crippen LogP) is 3.10. The van der Waals surface area contributed by atoms with Gasteiger partial charge in [-0.15, -0.1) is 0 Å². The number of para-hydroxylation sites is 1. The van der Waals surface area contributed by atoms with Gasteiger partial charge in [-0.25, -0.2) is 4.90 Å². The van der Waals surface area contributed by atoms with Crippen molar-refractivity contribution < 1.29 is 14.3 Å². The molecule has 2 aliphatic rings. The molecule has 4 nitrogen and oxygen atoms in total. The van der Waals surface area contributed by atoms with Gasteiger partial charge in [-0.05, 0) is 31.9 Å². The number of fused-ring (bicyclic) bond motifs is 1. The van der Waals surface area contributed by atoms with Gasteiger partial charge in [0.15, 0.2) is 5.72 Å². The zero-order chi connectivity index (χ0) is 14.3. The van der Waals surface area contributed by atoms with Crippen LogP contribution >= 0.6 is 15.9 Å². The molecule has 0 radical (unpaired) electrons. The van der Waals surface area contributed by atoms with Gasteiger partial charge >= 0.3 is 0 Å². The third kappa shape index (κ3) is 1.95. The van der Waals surface area contributed by atoms with Crippen LogP contribution < -0.4 is 4.74 Å². The first-order chi connectivity index (χ1) is 9.55. The minimum atomic E-state index is -0.787. The van der Waals surface area contributed by atoms with E-state index in [4.69, 9.17) is 4.74 Å². The lowest BCUT2D eigenvalue weighted by Gasteiger charge is -2.44. The standard InChI is InChI=1S/C15H16BrNO3/c1-10(16)13(18)17-14(19)11-6-2-3-7-12(11)20-15(17)8-4-5-9-15/h2-3,6-7,10H,4-5,8-9H2,1H3. The Bertz CT molecular complexity index is 564. The molecule has 1 unspecified atom stereocenters. The number of ether oxygens (including phenoxy) is 1. The Kier molecular flexibility index (Phi) is 3.32. The van der Waals surface area contributed by atoms with Crippen molar-refractivity contribution in [2.45, 2.75) is 43.2 Å². The van der Waals surface area contributed by atoms with Gasteiger partial charge in [0, 0.05) is 12.8 Å². The molecule has 20 heavy (non-hydrogen) atoms. The number of hydrogen-bond donors (Lipinski definition) is 0. The molecule has 0 saturated heterocycles. The molecule has 1 aromatic rings. The van der Waals surface area contributed by atoms with Crippen molar-refractivity contribution in [1.82, 2.24) is 4.90 Å². The first-order valence-corrected chi connectivity index (χ1v) is 7.77. The molecule has 1 fully saturated rings. The van der Waals surface area contributed by atoms with Crippen molar-refractivity contribution in [3.05, 3.63) is 29.8 Å². The maximum absolute atomic E-state index is 12.7. The fourth-order valence-electron chi connectivity index (χ4n) is 3.02. The SMILES string of the molecule is CC(Br)C(=O)N1C(=O)c2ccccc2OC12CCCC2. The molecule has 0 bridgehead atoms. The van der Waals surface area contributed by atoms with E-state index in [1.54, 1.807) is 25.1 Å². The van der Waals surface area contributed by atoms with Gasteiger partial charge in [0.1, 0.15) is 5.75 Å². The van der Waals surface area contributed by atoms with Crippen LogP contribution in [-0.2, 0) is 4.79 Å². The number of hydrogen-bond acceptors (Lipinski definition) is 3. The van der Waals surface area contributed by atoms with Crippen molar-refractivity contribution in [3.8, 4) is 5.75 Å². The number of rotatable bonds is 1. The summed E-state index contributed by atoms with van der Waals surface area (Å²) in [7, 11) is 0. The summed E-state index contributed by atoms with van der Waals surface area (Å²) in [6.07, 6.45) is 3.35. The number of imide groups is 1. The fourth-order valence-corrected chi connectivity index (χ4v) is 3.22. The molecule has 2 amide bonds. The van der Waals surface area contributed by atoms with Crippen LogP contribution in [0.1, 0.15) is 43.0 Å². The maximum Gasteiger partial charge on any atom is 0.267 e. The smallest absolute Gasteiger partial charge is 0.267 e. The summed E-state index contributed by atoms with van der Waals surface area (Å²) >= 11 is 3.27. The van der Waals surface area contributed by atoms with E-state index in [0.29, 0.717) is 24.2 Å². The molecule has 1 atom stereocenters. The minimum absolute atomic E-state index is 0.230. The van der Waals surface area contributed by atoms with E-state index >= 15 is 0 Å². The summed E-state index contributed by atoms with van der Waals surface area (Å²) in [6, 6.07) is 7.14. The lowest BCUT2D eigenvalue weighted by Crippen LogP contribution is -2.60. The topological polar surface area (TPSA) is 46.6 Å². The Morgan fingerprint density at radius 1 is 1.35 bits per heavy atom. The number of nitrogens with zero attached hydrogens (tertiary/aromatic N) is 1. The van der Waals surface area contributed by atoms with Crippen LogP contribution in [0.3, 0.4) is 0 Å². The fraction of sp³-hybridized carbons (Fsp3) is 0.467. The molecule has 1 spiro atoms. The van der Waals surface area contributed by atoms with E-state index in [0.717, 1.165) is 12.8 Å². The van der Waals surface area contributed by atoms with Gasteiger partial charge in [0.2, 0.25) is 5.91 Å². The van der Waals surface area contributed by atoms with Crippen LogP contribution in [0.4, 0.5) is 0 Å². The monoisotopic (exact) mass is 337 g/mol. The second-order valence-corrected chi connectivity index (χ2v) is 6.72. The molecular formula is C15H16BrNO3. The molecule has 1 heterocycles. The number of benzene rings is 1. The molecule has 106 valence electrons. The summed E-state index contributed by atoms with van der Waals surface area (Å²) in [6.45, 7) is 1.73. The van der Waals surface area contributed by atoms with E-state index in [-0.39, 0.29) is 11.8 Å². The van der Waals surface area contributed by atoms with Crippen molar-refractivity contribution in [2.75, 3.05) is 0 Å². The number of halogens is 1. The summed E-state index contributed by atoms with van der Waals surface area (Å²) < 4.78 is 6.10. The van der Waals surface area contributed by atoms with Crippen LogP contribution in [0.2, 0.25) is 0 Å². The van der Waals surface area contributed by atoms with Gasteiger partial charge in [-0.1, -0.05) is 28.1 Å². The van der Waals surface area contributed by atoms with Crippen molar-refractivity contribution >= 4 is 27.7 Å². The average Bonchev–Trinajstić information content (AvgIpc) is 2.87. The Balaban J connectivity index is 2.10. The lowest BCUT2D eigenvalue weighted by molar-refractivity contribution is -0.146. The molecule has 1 saturated carbocycles. The van der Waals surface area contributed by atoms with Gasteiger partial charge < -0.3 is 4.74 Å². The quantitative estimate of drug-likeness (QED) is 0.739. The molecule has 1 aliphatic heterocycles. The first kappa shape index (κ1) is 13.6. The third-order valence-corrected chi connectivity index (χ3v) is 4.37. The Morgan fingerprint density at radius 3 is 2.65 bits per heavy atom.